The van der Waals surface area contributed by atoms with Crippen molar-refractivity contribution in [2.45, 2.75) is 26.7 Å². The summed E-state index contributed by atoms with van der Waals surface area (Å²) in [5, 5.41) is 0.977. The summed E-state index contributed by atoms with van der Waals surface area (Å²) in [4.78, 5) is 12.2. The molecule has 2 rings (SSSR count). The Morgan fingerprint density at radius 1 is 1.39 bits per heavy atom. The summed E-state index contributed by atoms with van der Waals surface area (Å²) in [5.41, 5.74) is 7.57. The van der Waals surface area contributed by atoms with Gasteiger partial charge in [0.25, 0.3) is 0 Å². The standard InChI is InChI=1S/C15H19NO2/c1-3-4-11(9-16)15(17)14-8-12-7-10(2)5-6-13(12)18-14/h5-8,11H,3-4,9,16H2,1-2H3. The first kappa shape index (κ1) is 12.8. The molecule has 0 amide bonds. The van der Waals surface area contributed by atoms with Crippen molar-refractivity contribution >= 4 is 16.8 Å². The number of aryl methyl sites for hydroxylation is 1. The molecule has 0 radical (unpaired) electrons. The minimum atomic E-state index is -0.128. The van der Waals surface area contributed by atoms with Crippen LogP contribution in [-0.4, -0.2) is 12.3 Å². The van der Waals surface area contributed by atoms with E-state index in [1.165, 1.54) is 0 Å². The topological polar surface area (TPSA) is 56.2 Å². The summed E-state index contributed by atoms with van der Waals surface area (Å²) in [6.07, 6.45) is 1.76. The molecule has 0 spiro atoms. The molecule has 1 aromatic heterocycles. The Bertz CT molecular complexity index is 557. The molecular formula is C15H19NO2. The van der Waals surface area contributed by atoms with Gasteiger partial charge in [0.15, 0.2) is 5.76 Å². The van der Waals surface area contributed by atoms with Crippen molar-refractivity contribution in [1.29, 1.82) is 0 Å². The molecule has 1 unspecified atom stereocenters. The third-order valence-electron chi connectivity index (χ3n) is 3.21. The molecule has 0 bridgehead atoms. The average Bonchev–Trinajstić information content (AvgIpc) is 2.77. The molecular weight excluding hydrogens is 226 g/mol. The van der Waals surface area contributed by atoms with Gasteiger partial charge in [0.1, 0.15) is 5.58 Å². The van der Waals surface area contributed by atoms with Crippen LogP contribution < -0.4 is 5.73 Å². The molecule has 1 heterocycles. The van der Waals surface area contributed by atoms with Crippen LogP contribution in [0.4, 0.5) is 0 Å². The van der Waals surface area contributed by atoms with Crippen LogP contribution in [0.5, 0.6) is 0 Å². The Balaban J connectivity index is 2.32. The first-order chi connectivity index (χ1) is 8.65. The molecule has 3 heteroatoms. The zero-order valence-electron chi connectivity index (χ0n) is 10.9. The zero-order chi connectivity index (χ0) is 13.1. The Morgan fingerprint density at radius 2 is 2.17 bits per heavy atom. The van der Waals surface area contributed by atoms with Gasteiger partial charge >= 0.3 is 0 Å². The van der Waals surface area contributed by atoms with E-state index in [1.807, 2.05) is 31.2 Å². The highest BCUT2D eigenvalue weighted by atomic mass is 16.3. The molecule has 1 aromatic carbocycles. The lowest BCUT2D eigenvalue weighted by atomic mass is 9.97. The Labute approximate surface area is 107 Å². The Morgan fingerprint density at radius 3 is 2.83 bits per heavy atom. The molecule has 2 N–H and O–H groups in total. The number of carbonyl (C=O) groups excluding carboxylic acids is 1. The van der Waals surface area contributed by atoms with Crippen LogP contribution in [0.15, 0.2) is 28.7 Å². The second-order valence-corrected chi connectivity index (χ2v) is 4.74. The van der Waals surface area contributed by atoms with Crippen molar-refractivity contribution in [3.05, 3.63) is 35.6 Å². The molecule has 0 saturated heterocycles. The molecule has 1 atom stereocenters. The number of hydrogen-bond acceptors (Lipinski definition) is 3. The van der Waals surface area contributed by atoms with Gasteiger partial charge in [-0.3, -0.25) is 4.79 Å². The van der Waals surface area contributed by atoms with Gasteiger partial charge in [-0.2, -0.15) is 0 Å². The lowest BCUT2D eigenvalue weighted by molar-refractivity contribution is 0.0891. The van der Waals surface area contributed by atoms with Gasteiger partial charge in [-0.1, -0.05) is 25.0 Å². The average molecular weight is 245 g/mol. The van der Waals surface area contributed by atoms with Crippen LogP contribution in [0.2, 0.25) is 0 Å². The number of hydrogen-bond donors (Lipinski definition) is 1. The molecule has 18 heavy (non-hydrogen) atoms. The van der Waals surface area contributed by atoms with E-state index >= 15 is 0 Å². The summed E-state index contributed by atoms with van der Waals surface area (Å²) in [5.74, 6) is 0.323. The van der Waals surface area contributed by atoms with E-state index in [9.17, 15) is 4.79 Å². The summed E-state index contributed by atoms with van der Waals surface area (Å²) < 4.78 is 5.61. The lowest BCUT2D eigenvalue weighted by Gasteiger charge is -2.09. The number of carbonyl (C=O) groups is 1. The summed E-state index contributed by atoms with van der Waals surface area (Å²) in [6.45, 7) is 4.45. The molecule has 0 aliphatic carbocycles. The fourth-order valence-corrected chi connectivity index (χ4v) is 2.19. The number of ketones is 1. The van der Waals surface area contributed by atoms with Crippen molar-refractivity contribution in [2.24, 2.45) is 11.7 Å². The van der Waals surface area contributed by atoms with Crippen molar-refractivity contribution in [3.63, 3.8) is 0 Å². The van der Waals surface area contributed by atoms with Crippen LogP contribution in [-0.2, 0) is 0 Å². The molecule has 0 fully saturated rings. The first-order valence-electron chi connectivity index (χ1n) is 6.40. The van der Waals surface area contributed by atoms with Gasteiger partial charge in [0, 0.05) is 17.8 Å². The van der Waals surface area contributed by atoms with E-state index in [2.05, 4.69) is 6.92 Å². The molecule has 0 aliphatic rings. The number of Topliss-reactive ketones (excluding diaryl/α,β-unsaturated/α-hetero) is 1. The molecule has 96 valence electrons. The highest BCUT2D eigenvalue weighted by Crippen LogP contribution is 2.23. The highest BCUT2D eigenvalue weighted by Gasteiger charge is 2.21. The quantitative estimate of drug-likeness (QED) is 0.822. The normalized spacial score (nSPS) is 12.8. The second-order valence-electron chi connectivity index (χ2n) is 4.74. The zero-order valence-corrected chi connectivity index (χ0v) is 10.9. The maximum Gasteiger partial charge on any atom is 0.202 e. The summed E-state index contributed by atoms with van der Waals surface area (Å²) in [7, 11) is 0. The highest BCUT2D eigenvalue weighted by molar-refractivity contribution is 5.99. The largest absolute Gasteiger partial charge is 0.453 e. The fourth-order valence-electron chi connectivity index (χ4n) is 2.19. The van der Waals surface area contributed by atoms with Crippen molar-refractivity contribution in [2.75, 3.05) is 6.54 Å². The Kier molecular flexibility index (Phi) is 3.82. The van der Waals surface area contributed by atoms with Crippen molar-refractivity contribution in [1.82, 2.24) is 0 Å². The summed E-state index contributed by atoms with van der Waals surface area (Å²) in [6, 6.07) is 7.72. The number of benzene rings is 1. The second kappa shape index (κ2) is 5.36. The molecule has 3 nitrogen and oxygen atoms in total. The van der Waals surface area contributed by atoms with E-state index in [1.54, 1.807) is 0 Å². The third kappa shape index (κ3) is 2.46. The van der Waals surface area contributed by atoms with Crippen molar-refractivity contribution < 1.29 is 9.21 Å². The lowest BCUT2D eigenvalue weighted by Crippen LogP contribution is -2.23. The number of rotatable bonds is 5. The van der Waals surface area contributed by atoms with E-state index in [4.69, 9.17) is 10.2 Å². The van der Waals surface area contributed by atoms with Crippen LogP contribution >= 0.6 is 0 Å². The van der Waals surface area contributed by atoms with Crippen molar-refractivity contribution in [3.8, 4) is 0 Å². The van der Waals surface area contributed by atoms with E-state index in [0.717, 1.165) is 29.4 Å². The van der Waals surface area contributed by atoms with E-state index in [-0.39, 0.29) is 11.7 Å². The van der Waals surface area contributed by atoms with Gasteiger partial charge in [-0.05, 0) is 31.5 Å². The summed E-state index contributed by atoms with van der Waals surface area (Å²) >= 11 is 0. The number of furan rings is 1. The monoisotopic (exact) mass is 245 g/mol. The van der Waals surface area contributed by atoms with Crippen LogP contribution in [0.25, 0.3) is 11.0 Å². The minimum Gasteiger partial charge on any atom is -0.453 e. The number of nitrogens with two attached hydrogens (primary N) is 1. The van der Waals surface area contributed by atoms with Crippen LogP contribution in [0.3, 0.4) is 0 Å². The van der Waals surface area contributed by atoms with E-state index in [0.29, 0.717) is 12.3 Å². The third-order valence-corrected chi connectivity index (χ3v) is 3.21. The molecule has 2 aromatic rings. The first-order valence-corrected chi connectivity index (χ1v) is 6.40. The van der Waals surface area contributed by atoms with Gasteiger partial charge in [-0.25, -0.2) is 0 Å². The van der Waals surface area contributed by atoms with E-state index < -0.39 is 0 Å². The smallest absolute Gasteiger partial charge is 0.202 e. The number of fused-ring (bicyclic) bond motifs is 1. The van der Waals surface area contributed by atoms with Crippen LogP contribution in [0, 0.1) is 12.8 Å². The Hall–Kier alpha value is -1.61. The maximum atomic E-state index is 12.2. The van der Waals surface area contributed by atoms with Gasteiger partial charge < -0.3 is 10.2 Å². The van der Waals surface area contributed by atoms with Crippen LogP contribution in [0.1, 0.15) is 35.9 Å². The van der Waals surface area contributed by atoms with Gasteiger partial charge in [-0.15, -0.1) is 0 Å². The predicted octanol–water partition coefficient (Wildman–Crippen LogP) is 3.30. The minimum absolute atomic E-state index is 0.0215. The van der Waals surface area contributed by atoms with Gasteiger partial charge in [0.05, 0.1) is 0 Å². The molecule has 0 saturated carbocycles. The van der Waals surface area contributed by atoms with Gasteiger partial charge in [0.2, 0.25) is 5.78 Å². The predicted molar refractivity (Wildman–Crippen MR) is 72.7 cm³/mol. The maximum absolute atomic E-state index is 12.2. The SMILES string of the molecule is CCCC(CN)C(=O)c1cc2cc(C)ccc2o1. The fraction of sp³-hybridized carbons (Fsp3) is 0.400. The molecule has 0 aliphatic heterocycles.